The van der Waals surface area contributed by atoms with Crippen LogP contribution in [0.15, 0.2) is 34.0 Å². The second-order valence-electron chi connectivity index (χ2n) is 8.22. The Morgan fingerprint density at radius 3 is 2.56 bits per heavy atom. The Kier molecular flexibility index (Phi) is 7.28. The van der Waals surface area contributed by atoms with Crippen molar-refractivity contribution >= 4 is 28.8 Å². The normalized spacial score (nSPS) is 11.8. The average Bonchev–Trinajstić information content (AvgIpc) is 3.03. The lowest BCUT2D eigenvalue weighted by molar-refractivity contribution is -0.138. The van der Waals surface area contributed by atoms with E-state index in [0.717, 1.165) is 23.4 Å². The van der Waals surface area contributed by atoms with Crippen molar-refractivity contribution in [3.8, 4) is 5.75 Å². The third-order valence-electron chi connectivity index (χ3n) is 5.20. The van der Waals surface area contributed by atoms with Gasteiger partial charge in [0.1, 0.15) is 21.8 Å². The number of carboxylic acids is 1. The largest absolute Gasteiger partial charge is 0.494 e. The molecule has 0 atom stereocenters. The maximum absolute atomic E-state index is 13.0. The second-order valence-corrected chi connectivity index (χ2v) is 9.92. The number of nitrogens with zero attached hydrogens (tertiary/aromatic N) is 4. The highest BCUT2D eigenvalue weighted by Gasteiger charge is 2.28. The van der Waals surface area contributed by atoms with E-state index in [9.17, 15) is 14.7 Å². The van der Waals surface area contributed by atoms with E-state index in [1.165, 1.54) is 11.8 Å². The predicted molar refractivity (Wildman–Crippen MR) is 126 cm³/mol. The minimum atomic E-state index is -0.895. The molecule has 0 radical (unpaired) electrons. The molecule has 3 rings (SSSR count). The topological polar surface area (TPSA) is 99.2 Å². The van der Waals surface area contributed by atoms with Crippen LogP contribution in [0.3, 0.4) is 0 Å². The van der Waals surface area contributed by atoms with Crippen molar-refractivity contribution in [1.82, 2.24) is 19.3 Å². The van der Waals surface area contributed by atoms with Crippen LogP contribution in [0.4, 0.5) is 0 Å². The highest BCUT2D eigenvalue weighted by atomic mass is 32.2. The van der Waals surface area contributed by atoms with Crippen LogP contribution in [0.5, 0.6) is 5.75 Å². The van der Waals surface area contributed by atoms with E-state index < -0.39 is 10.7 Å². The molecule has 2 heterocycles. The van der Waals surface area contributed by atoms with Crippen LogP contribution in [-0.2, 0) is 24.8 Å². The van der Waals surface area contributed by atoms with Gasteiger partial charge in [0.25, 0.3) is 5.56 Å². The maximum Gasteiger partial charge on any atom is 0.319 e. The van der Waals surface area contributed by atoms with Crippen LogP contribution < -0.4 is 10.3 Å². The van der Waals surface area contributed by atoms with E-state index in [1.807, 2.05) is 31.2 Å². The van der Waals surface area contributed by atoms with Gasteiger partial charge in [0.05, 0.1) is 12.3 Å². The van der Waals surface area contributed by atoms with Gasteiger partial charge in [0, 0.05) is 18.5 Å². The average molecular weight is 459 g/mol. The van der Waals surface area contributed by atoms with Crippen LogP contribution >= 0.6 is 11.8 Å². The molecule has 0 amide bonds. The van der Waals surface area contributed by atoms with Crippen molar-refractivity contribution in [2.24, 2.45) is 7.05 Å². The molecule has 0 saturated heterocycles. The van der Waals surface area contributed by atoms with Gasteiger partial charge < -0.3 is 9.84 Å². The number of aromatic nitrogens is 4. The van der Waals surface area contributed by atoms with Gasteiger partial charge in [-0.05, 0) is 57.9 Å². The van der Waals surface area contributed by atoms with Crippen LogP contribution in [0.2, 0.25) is 0 Å². The number of carboxylic acid groups (broad SMARTS) is 1. The number of aliphatic carboxylic acids is 1. The zero-order chi connectivity index (χ0) is 23.5. The van der Waals surface area contributed by atoms with Crippen LogP contribution in [0.1, 0.15) is 45.1 Å². The van der Waals surface area contributed by atoms with Crippen LogP contribution in [0, 0.1) is 6.92 Å². The highest BCUT2D eigenvalue weighted by Crippen LogP contribution is 2.33. The molecule has 9 heteroatoms. The summed E-state index contributed by atoms with van der Waals surface area (Å²) in [4.78, 5) is 29.8. The third kappa shape index (κ3) is 5.15. The maximum atomic E-state index is 13.0. The van der Waals surface area contributed by atoms with Gasteiger partial charge in [-0.3, -0.25) is 18.8 Å². The molecule has 8 nitrogen and oxygen atoms in total. The molecule has 172 valence electrons. The number of aryl methyl sites for hydroxylation is 3. The van der Waals surface area contributed by atoms with Crippen molar-refractivity contribution in [1.29, 1.82) is 0 Å². The molecule has 2 aromatic heterocycles. The molecule has 0 spiro atoms. The summed E-state index contributed by atoms with van der Waals surface area (Å²) < 4.78 is 8.22. The number of thioether (sulfide) groups is 1. The molecule has 0 saturated carbocycles. The number of hydrogen-bond donors (Lipinski definition) is 1. The smallest absolute Gasteiger partial charge is 0.319 e. The highest BCUT2D eigenvalue weighted by molar-refractivity contribution is 8.01. The number of fused-ring (bicyclic) bond motifs is 1. The lowest BCUT2D eigenvalue weighted by Crippen LogP contribution is -2.26. The Morgan fingerprint density at radius 2 is 1.94 bits per heavy atom. The molecule has 32 heavy (non-hydrogen) atoms. The van der Waals surface area contributed by atoms with Crippen molar-refractivity contribution in [3.63, 3.8) is 0 Å². The molecule has 3 aromatic rings. The number of carbonyl (C=O) groups is 1. The van der Waals surface area contributed by atoms with Gasteiger partial charge in [0.15, 0.2) is 5.52 Å². The Labute approximate surface area is 191 Å². The standard InChI is InChI=1S/C23H30N4O4S/c1-6-8-18-19-20(26(5)25-18)21(28)27(15(2)24-19)13-7-14-31-16-9-11-17(12-10-16)32-23(3,4)22(29)30/h9-12H,6-8,13-14H2,1-5H3,(H,29,30). The fourth-order valence-electron chi connectivity index (χ4n) is 3.45. The zero-order valence-electron chi connectivity index (χ0n) is 19.2. The molecular weight excluding hydrogens is 428 g/mol. The van der Waals surface area contributed by atoms with Crippen molar-refractivity contribution in [2.45, 2.75) is 63.1 Å². The van der Waals surface area contributed by atoms with Crippen molar-refractivity contribution in [3.05, 3.63) is 46.1 Å². The first kappa shape index (κ1) is 23.8. The van der Waals surface area contributed by atoms with E-state index in [-0.39, 0.29) is 5.56 Å². The summed E-state index contributed by atoms with van der Waals surface area (Å²) in [5.41, 5.74) is 2.03. The molecule has 0 unspecified atom stereocenters. The summed E-state index contributed by atoms with van der Waals surface area (Å²) in [6, 6.07) is 7.37. The number of benzene rings is 1. The molecule has 0 aliphatic carbocycles. The summed E-state index contributed by atoms with van der Waals surface area (Å²) in [5.74, 6) is 0.528. The molecule has 0 aliphatic heterocycles. The van der Waals surface area contributed by atoms with E-state index >= 15 is 0 Å². The first-order valence-electron chi connectivity index (χ1n) is 10.7. The first-order valence-corrected chi connectivity index (χ1v) is 11.5. The molecule has 1 N–H and O–H groups in total. The van der Waals surface area contributed by atoms with Gasteiger partial charge in [-0.1, -0.05) is 13.3 Å². The molecule has 1 aromatic carbocycles. The quantitative estimate of drug-likeness (QED) is 0.364. The van der Waals surface area contributed by atoms with E-state index in [0.29, 0.717) is 42.2 Å². The fourth-order valence-corrected chi connectivity index (χ4v) is 4.39. The number of ether oxygens (including phenoxy) is 1. The molecule has 0 bridgehead atoms. The van der Waals surface area contributed by atoms with E-state index in [2.05, 4.69) is 17.0 Å². The van der Waals surface area contributed by atoms with Gasteiger partial charge in [0.2, 0.25) is 0 Å². The van der Waals surface area contributed by atoms with Gasteiger partial charge >= 0.3 is 5.97 Å². The Morgan fingerprint density at radius 1 is 1.25 bits per heavy atom. The number of hydrogen-bond acceptors (Lipinski definition) is 6. The second kappa shape index (κ2) is 9.77. The molecule has 0 aliphatic rings. The minimum Gasteiger partial charge on any atom is -0.494 e. The Balaban J connectivity index is 1.62. The summed E-state index contributed by atoms with van der Waals surface area (Å²) in [5, 5.41) is 13.7. The SMILES string of the molecule is CCCc1nn(C)c2c(=O)n(CCCOc3ccc(SC(C)(C)C(=O)O)cc3)c(C)nc12. The summed E-state index contributed by atoms with van der Waals surface area (Å²) in [7, 11) is 1.78. The monoisotopic (exact) mass is 458 g/mol. The van der Waals surface area contributed by atoms with Gasteiger partial charge in [-0.15, -0.1) is 11.8 Å². The number of rotatable bonds is 10. The Bertz CT molecular complexity index is 1170. The summed E-state index contributed by atoms with van der Waals surface area (Å²) in [6.45, 7) is 8.23. The van der Waals surface area contributed by atoms with Crippen LogP contribution in [0.25, 0.3) is 11.0 Å². The Hall–Kier alpha value is -2.81. The first-order chi connectivity index (χ1) is 15.1. The van der Waals surface area contributed by atoms with E-state index in [1.54, 1.807) is 30.1 Å². The van der Waals surface area contributed by atoms with Gasteiger partial charge in [-0.2, -0.15) is 5.10 Å². The molecule has 0 fully saturated rings. The summed E-state index contributed by atoms with van der Waals surface area (Å²) in [6.07, 6.45) is 2.40. The predicted octanol–water partition coefficient (Wildman–Crippen LogP) is 3.82. The fraction of sp³-hybridized carbons (Fsp3) is 0.478. The van der Waals surface area contributed by atoms with E-state index in [4.69, 9.17) is 4.74 Å². The summed E-state index contributed by atoms with van der Waals surface area (Å²) >= 11 is 1.29. The third-order valence-corrected chi connectivity index (χ3v) is 6.39. The lowest BCUT2D eigenvalue weighted by Gasteiger charge is -2.18. The minimum absolute atomic E-state index is 0.0766. The van der Waals surface area contributed by atoms with Gasteiger partial charge in [-0.25, -0.2) is 4.98 Å². The lowest BCUT2D eigenvalue weighted by atomic mass is 10.2. The van der Waals surface area contributed by atoms with Crippen molar-refractivity contribution < 1.29 is 14.6 Å². The zero-order valence-corrected chi connectivity index (χ0v) is 20.0. The molecular formula is C23H30N4O4S. The van der Waals surface area contributed by atoms with Crippen LogP contribution in [-0.4, -0.2) is 41.8 Å². The van der Waals surface area contributed by atoms with Crippen molar-refractivity contribution in [2.75, 3.05) is 6.61 Å².